The number of hydrogen-bond acceptors (Lipinski definition) is 5. The highest BCUT2D eigenvalue weighted by molar-refractivity contribution is 8.05. The van der Waals surface area contributed by atoms with Gasteiger partial charge in [-0.2, -0.15) is 0 Å². The Hall–Kier alpha value is -2.86. The molecule has 5 nitrogen and oxygen atoms in total. The van der Waals surface area contributed by atoms with E-state index in [-0.39, 0.29) is 17.4 Å². The highest BCUT2D eigenvalue weighted by Crippen LogP contribution is 2.42. The molecular formula is C27H32N2O3S. The van der Waals surface area contributed by atoms with Crippen LogP contribution in [0.15, 0.2) is 66.1 Å². The maximum absolute atomic E-state index is 13.6. The molecule has 0 spiro atoms. The van der Waals surface area contributed by atoms with E-state index in [4.69, 9.17) is 9.47 Å². The van der Waals surface area contributed by atoms with Crippen LogP contribution >= 0.6 is 11.8 Å². The molecule has 2 fully saturated rings. The number of methoxy groups -OCH3 is 1. The van der Waals surface area contributed by atoms with Gasteiger partial charge in [0.25, 0.3) is 5.91 Å². The predicted octanol–water partition coefficient (Wildman–Crippen LogP) is 6.15. The summed E-state index contributed by atoms with van der Waals surface area (Å²) in [7, 11) is 1.62. The SMILES string of the molecule is C=CCOc1ccc(/C=C2\SC(Nc3ccccc3)N([C@@H]3CCCC[C@H]3C)C2=O)cc1OC. The van der Waals surface area contributed by atoms with E-state index in [1.807, 2.05) is 54.6 Å². The van der Waals surface area contributed by atoms with Crippen LogP contribution in [0.2, 0.25) is 0 Å². The third-order valence-electron chi connectivity index (χ3n) is 6.27. The van der Waals surface area contributed by atoms with Crippen LogP contribution in [0.4, 0.5) is 5.69 Å². The molecule has 1 unspecified atom stereocenters. The smallest absolute Gasteiger partial charge is 0.262 e. The quantitative estimate of drug-likeness (QED) is 0.375. The highest BCUT2D eigenvalue weighted by atomic mass is 32.2. The Balaban J connectivity index is 1.62. The number of para-hydroxylation sites is 1. The van der Waals surface area contributed by atoms with Gasteiger partial charge in [-0.05, 0) is 54.7 Å². The van der Waals surface area contributed by atoms with E-state index in [0.717, 1.165) is 22.6 Å². The molecule has 1 heterocycles. The number of rotatable bonds is 8. The largest absolute Gasteiger partial charge is 0.493 e. The second-order valence-electron chi connectivity index (χ2n) is 8.54. The average molecular weight is 465 g/mol. The van der Waals surface area contributed by atoms with Crippen LogP contribution in [0.3, 0.4) is 0 Å². The maximum atomic E-state index is 13.6. The van der Waals surface area contributed by atoms with E-state index < -0.39 is 0 Å². The molecule has 0 radical (unpaired) electrons. The lowest BCUT2D eigenvalue weighted by Crippen LogP contribution is -2.48. The van der Waals surface area contributed by atoms with E-state index in [0.29, 0.717) is 24.0 Å². The number of nitrogens with one attached hydrogen (secondary N) is 1. The van der Waals surface area contributed by atoms with Crippen molar-refractivity contribution in [3.8, 4) is 11.5 Å². The highest BCUT2D eigenvalue weighted by Gasteiger charge is 2.42. The van der Waals surface area contributed by atoms with Gasteiger partial charge in [0, 0.05) is 11.7 Å². The Morgan fingerprint density at radius 1 is 1.15 bits per heavy atom. The summed E-state index contributed by atoms with van der Waals surface area (Å²) >= 11 is 1.58. The second-order valence-corrected chi connectivity index (χ2v) is 9.66. The zero-order valence-corrected chi connectivity index (χ0v) is 20.1. The Kier molecular flexibility index (Phi) is 7.65. The molecule has 2 aromatic carbocycles. The van der Waals surface area contributed by atoms with Crippen LogP contribution in [0.5, 0.6) is 11.5 Å². The van der Waals surface area contributed by atoms with Gasteiger partial charge < -0.3 is 19.7 Å². The summed E-state index contributed by atoms with van der Waals surface area (Å²) in [6.45, 7) is 6.37. The first-order chi connectivity index (χ1) is 16.1. The number of benzene rings is 2. The molecule has 33 heavy (non-hydrogen) atoms. The van der Waals surface area contributed by atoms with E-state index in [9.17, 15) is 4.79 Å². The molecule has 1 saturated carbocycles. The number of ether oxygens (including phenoxy) is 2. The third kappa shape index (κ3) is 5.38. The molecule has 1 amide bonds. The van der Waals surface area contributed by atoms with Crippen molar-refractivity contribution in [1.29, 1.82) is 0 Å². The van der Waals surface area contributed by atoms with Crippen molar-refractivity contribution in [1.82, 2.24) is 4.90 Å². The molecule has 174 valence electrons. The number of hydrogen-bond donors (Lipinski definition) is 1. The number of carbonyl (C=O) groups is 1. The zero-order chi connectivity index (χ0) is 23.2. The maximum Gasteiger partial charge on any atom is 0.262 e. The summed E-state index contributed by atoms with van der Waals surface area (Å²) in [6.07, 6.45) is 8.29. The van der Waals surface area contributed by atoms with Crippen molar-refractivity contribution in [2.75, 3.05) is 19.0 Å². The summed E-state index contributed by atoms with van der Waals surface area (Å²) < 4.78 is 11.2. The first-order valence-electron chi connectivity index (χ1n) is 11.5. The van der Waals surface area contributed by atoms with Crippen molar-refractivity contribution in [2.24, 2.45) is 5.92 Å². The summed E-state index contributed by atoms with van der Waals surface area (Å²) in [5.41, 5.74) is 1.79. The van der Waals surface area contributed by atoms with Crippen LogP contribution in [0, 0.1) is 5.92 Å². The Morgan fingerprint density at radius 3 is 2.67 bits per heavy atom. The Bertz CT molecular complexity index is 1010. The molecular weight excluding hydrogens is 432 g/mol. The minimum absolute atomic E-state index is 0.0955. The molecule has 0 bridgehead atoms. The van der Waals surface area contributed by atoms with Gasteiger partial charge in [0.05, 0.1) is 12.0 Å². The molecule has 2 aromatic rings. The van der Waals surface area contributed by atoms with E-state index >= 15 is 0 Å². The Labute approximate surface area is 200 Å². The van der Waals surface area contributed by atoms with Crippen molar-refractivity contribution >= 4 is 29.4 Å². The molecule has 1 saturated heterocycles. The molecule has 1 N–H and O–H groups in total. The van der Waals surface area contributed by atoms with Gasteiger partial charge in [-0.3, -0.25) is 4.79 Å². The van der Waals surface area contributed by atoms with Crippen LogP contribution in [-0.2, 0) is 4.79 Å². The van der Waals surface area contributed by atoms with Crippen LogP contribution in [-0.4, -0.2) is 36.1 Å². The van der Waals surface area contributed by atoms with E-state index in [1.54, 1.807) is 24.9 Å². The molecule has 3 atom stereocenters. The number of amides is 1. The number of anilines is 1. The lowest BCUT2D eigenvalue weighted by Gasteiger charge is -2.39. The molecule has 6 heteroatoms. The first kappa shape index (κ1) is 23.3. The first-order valence-corrected chi connectivity index (χ1v) is 12.4. The average Bonchev–Trinajstić information content (AvgIpc) is 3.13. The molecule has 2 aliphatic rings. The van der Waals surface area contributed by atoms with Gasteiger partial charge in [-0.15, -0.1) is 0 Å². The van der Waals surface area contributed by atoms with E-state index in [1.165, 1.54) is 19.3 Å². The fraction of sp³-hybridized carbons (Fsp3) is 0.370. The van der Waals surface area contributed by atoms with Crippen LogP contribution in [0.25, 0.3) is 6.08 Å². The third-order valence-corrected chi connectivity index (χ3v) is 7.38. The monoisotopic (exact) mass is 464 g/mol. The van der Waals surface area contributed by atoms with Gasteiger partial charge in [0.1, 0.15) is 6.61 Å². The van der Waals surface area contributed by atoms with Gasteiger partial charge in [0.2, 0.25) is 0 Å². The normalized spacial score (nSPS) is 24.1. The molecule has 0 aromatic heterocycles. The molecule has 1 aliphatic heterocycles. The minimum atomic E-state index is -0.131. The lowest BCUT2D eigenvalue weighted by atomic mass is 9.85. The summed E-state index contributed by atoms with van der Waals surface area (Å²) in [6, 6.07) is 16.1. The van der Waals surface area contributed by atoms with Gasteiger partial charge >= 0.3 is 0 Å². The Morgan fingerprint density at radius 2 is 1.94 bits per heavy atom. The van der Waals surface area contributed by atoms with Crippen LogP contribution < -0.4 is 14.8 Å². The van der Waals surface area contributed by atoms with Crippen molar-refractivity contribution in [3.05, 3.63) is 71.7 Å². The number of thioether (sulfide) groups is 1. The summed E-state index contributed by atoms with van der Waals surface area (Å²) in [4.78, 5) is 16.5. The number of carbonyl (C=O) groups excluding carboxylic acids is 1. The second kappa shape index (κ2) is 10.8. The fourth-order valence-electron chi connectivity index (χ4n) is 4.56. The summed E-state index contributed by atoms with van der Waals surface area (Å²) in [5, 5.41) is 3.58. The van der Waals surface area contributed by atoms with Crippen molar-refractivity contribution in [2.45, 2.75) is 44.1 Å². The van der Waals surface area contributed by atoms with Crippen LogP contribution in [0.1, 0.15) is 38.2 Å². The van der Waals surface area contributed by atoms with Gasteiger partial charge in [-0.25, -0.2) is 0 Å². The standard InChI is InChI=1S/C27H32N2O3S/c1-4-16-32-23-15-14-20(17-24(23)31-3)18-25-26(30)29(22-13-9-8-10-19(22)2)27(33-25)28-21-11-6-5-7-12-21/h4-7,11-12,14-15,17-19,22,27-28H,1,8-10,13,16H2,2-3H3/b25-18-/t19-,22-,27?/m1/s1. The van der Waals surface area contributed by atoms with Gasteiger partial charge in [0.15, 0.2) is 17.0 Å². The minimum Gasteiger partial charge on any atom is -0.493 e. The fourth-order valence-corrected chi connectivity index (χ4v) is 5.77. The van der Waals surface area contributed by atoms with E-state index in [2.05, 4.69) is 23.7 Å². The van der Waals surface area contributed by atoms with Gasteiger partial charge in [-0.1, -0.05) is 68.4 Å². The molecule has 4 rings (SSSR count). The lowest BCUT2D eigenvalue weighted by molar-refractivity contribution is -0.129. The van der Waals surface area contributed by atoms with Crippen molar-refractivity contribution < 1.29 is 14.3 Å². The predicted molar refractivity (Wildman–Crippen MR) is 136 cm³/mol. The number of nitrogens with zero attached hydrogens (tertiary/aromatic N) is 1. The van der Waals surface area contributed by atoms with Crippen molar-refractivity contribution in [3.63, 3.8) is 0 Å². The summed E-state index contributed by atoms with van der Waals surface area (Å²) in [5.74, 6) is 1.88. The zero-order valence-electron chi connectivity index (χ0n) is 19.3. The molecule has 1 aliphatic carbocycles. The topological polar surface area (TPSA) is 50.8 Å².